The number of rotatable bonds is 1. The van der Waals surface area contributed by atoms with Gasteiger partial charge in [-0.25, -0.2) is 4.98 Å². The third kappa shape index (κ3) is 2.26. The molecular formula is C13H18ClN3. The van der Waals surface area contributed by atoms with Crippen molar-refractivity contribution in [2.45, 2.75) is 38.3 Å². The molecule has 0 spiro atoms. The highest BCUT2D eigenvalue weighted by molar-refractivity contribution is 6.30. The van der Waals surface area contributed by atoms with Crippen molar-refractivity contribution in [2.24, 2.45) is 0 Å². The van der Waals surface area contributed by atoms with Crippen LogP contribution in [0, 0.1) is 6.92 Å². The van der Waals surface area contributed by atoms with Gasteiger partial charge >= 0.3 is 0 Å². The van der Waals surface area contributed by atoms with Gasteiger partial charge in [-0.05, 0) is 37.8 Å². The molecule has 2 aliphatic rings. The van der Waals surface area contributed by atoms with Gasteiger partial charge in [0, 0.05) is 25.2 Å². The van der Waals surface area contributed by atoms with E-state index in [1.807, 2.05) is 13.1 Å². The third-order valence-corrected chi connectivity index (χ3v) is 4.28. The maximum absolute atomic E-state index is 5.97. The van der Waals surface area contributed by atoms with Crippen LogP contribution in [0.2, 0.25) is 5.15 Å². The Hall–Kier alpha value is -0.800. The van der Waals surface area contributed by atoms with Gasteiger partial charge in [0.2, 0.25) is 0 Å². The fraction of sp³-hybridized carbons (Fsp3) is 0.615. The molecule has 4 heteroatoms. The van der Waals surface area contributed by atoms with Crippen LogP contribution in [0.4, 0.5) is 5.69 Å². The summed E-state index contributed by atoms with van der Waals surface area (Å²) in [7, 11) is 0. The zero-order valence-electron chi connectivity index (χ0n) is 10.1. The van der Waals surface area contributed by atoms with Gasteiger partial charge in [-0.3, -0.25) is 0 Å². The molecule has 2 bridgehead atoms. The second kappa shape index (κ2) is 4.46. The van der Waals surface area contributed by atoms with Gasteiger partial charge in [0.15, 0.2) is 0 Å². The number of aromatic nitrogens is 1. The van der Waals surface area contributed by atoms with Crippen LogP contribution in [0.15, 0.2) is 12.3 Å². The summed E-state index contributed by atoms with van der Waals surface area (Å²) in [5.41, 5.74) is 2.27. The van der Waals surface area contributed by atoms with Crippen LogP contribution in [-0.2, 0) is 0 Å². The van der Waals surface area contributed by atoms with Crippen molar-refractivity contribution in [3.63, 3.8) is 0 Å². The van der Waals surface area contributed by atoms with Crippen molar-refractivity contribution in [1.29, 1.82) is 0 Å². The first-order valence-corrected chi connectivity index (χ1v) is 6.73. The Morgan fingerprint density at radius 2 is 2.18 bits per heavy atom. The van der Waals surface area contributed by atoms with E-state index in [0.29, 0.717) is 11.2 Å². The van der Waals surface area contributed by atoms with Crippen molar-refractivity contribution < 1.29 is 0 Å². The molecule has 2 aliphatic heterocycles. The van der Waals surface area contributed by atoms with Gasteiger partial charge < -0.3 is 10.2 Å². The average Bonchev–Trinajstić information content (AvgIpc) is 2.63. The van der Waals surface area contributed by atoms with E-state index in [2.05, 4.69) is 21.3 Å². The number of aryl methyl sites for hydroxylation is 1. The van der Waals surface area contributed by atoms with Crippen molar-refractivity contribution >= 4 is 17.3 Å². The summed E-state index contributed by atoms with van der Waals surface area (Å²) in [5, 5.41) is 4.30. The Morgan fingerprint density at radius 1 is 1.35 bits per heavy atom. The first-order valence-electron chi connectivity index (χ1n) is 6.35. The second-order valence-corrected chi connectivity index (χ2v) is 5.53. The molecule has 0 unspecified atom stereocenters. The summed E-state index contributed by atoms with van der Waals surface area (Å²) in [6, 6.07) is 3.53. The summed E-state index contributed by atoms with van der Waals surface area (Å²) < 4.78 is 0. The van der Waals surface area contributed by atoms with Crippen LogP contribution < -0.4 is 10.2 Å². The normalized spacial score (nSPS) is 28.2. The predicted octanol–water partition coefficient (Wildman–Crippen LogP) is 2.37. The lowest BCUT2D eigenvalue weighted by atomic mass is 10.1. The zero-order valence-corrected chi connectivity index (χ0v) is 10.9. The van der Waals surface area contributed by atoms with E-state index in [9.17, 15) is 0 Å². The largest absolute Gasteiger partial charge is 0.369 e. The quantitative estimate of drug-likeness (QED) is 0.777. The molecule has 2 fully saturated rings. The van der Waals surface area contributed by atoms with Crippen LogP contribution in [0.3, 0.4) is 0 Å². The standard InChI is InChI=1S/C13H18ClN3/c1-9-6-12(7-15-13(9)14)17-5-4-10-2-3-11(8-17)16-10/h6-7,10-11,16H,2-5,8H2,1H3/t10-,11+/m0/s1. The van der Waals surface area contributed by atoms with Gasteiger partial charge in [-0.15, -0.1) is 0 Å². The minimum Gasteiger partial charge on any atom is -0.369 e. The lowest BCUT2D eigenvalue weighted by Crippen LogP contribution is -2.35. The first-order chi connectivity index (χ1) is 8.22. The molecule has 92 valence electrons. The van der Waals surface area contributed by atoms with Gasteiger partial charge in [-0.1, -0.05) is 11.6 Å². The number of hydrogen-bond donors (Lipinski definition) is 1. The van der Waals surface area contributed by atoms with Gasteiger partial charge in [0.1, 0.15) is 5.15 Å². The van der Waals surface area contributed by atoms with E-state index in [0.717, 1.165) is 24.7 Å². The Kier molecular flexibility index (Phi) is 2.97. The maximum atomic E-state index is 5.97. The lowest BCUT2D eigenvalue weighted by Gasteiger charge is -2.26. The van der Waals surface area contributed by atoms with E-state index < -0.39 is 0 Å². The molecule has 3 nitrogen and oxygen atoms in total. The molecule has 2 atom stereocenters. The number of halogens is 1. The maximum Gasteiger partial charge on any atom is 0.132 e. The third-order valence-electron chi connectivity index (χ3n) is 3.89. The fourth-order valence-electron chi connectivity index (χ4n) is 2.89. The molecule has 17 heavy (non-hydrogen) atoms. The van der Waals surface area contributed by atoms with Gasteiger partial charge in [-0.2, -0.15) is 0 Å². The van der Waals surface area contributed by atoms with Crippen molar-refractivity contribution in [3.8, 4) is 0 Å². The number of anilines is 1. The monoisotopic (exact) mass is 251 g/mol. The number of hydrogen-bond acceptors (Lipinski definition) is 3. The summed E-state index contributed by atoms with van der Waals surface area (Å²) >= 11 is 5.97. The number of fused-ring (bicyclic) bond motifs is 2. The molecular weight excluding hydrogens is 234 g/mol. The lowest BCUT2D eigenvalue weighted by molar-refractivity contribution is 0.563. The number of nitrogens with zero attached hydrogens (tertiary/aromatic N) is 2. The summed E-state index contributed by atoms with van der Waals surface area (Å²) in [6.45, 7) is 4.23. The average molecular weight is 252 g/mol. The van der Waals surface area contributed by atoms with E-state index in [4.69, 9.17) is 11.6 Å². The summed E-state index contributed by atoms with van der Waals surface area (Å²) in [4.78, 5) is 6.69. The molecule has 0 radical (unpaired) electrons. The van der Waals surface area contributed by atoms with Crippen molar-refractivity contribution in [2.75, 3.05) is 18.0 Å². The molecule has 1 aromatic rings. The molecule has 3 rings (SSSR count). The van der Waals surface area contributed by atoms with Crippen LogP contribution in [-0.4, -0.2) is 30.2 Å². The second-order valence-electron chi connectivity index (χ2n) is 5.17. The molecule has 2 saturated heterocycles. The molecule has 0 aliphatic carbocycles. The highest BCUT2D eigenvalue weighted by Crippen LogP contribution is 2.26. The Morgan fingerprint density at radius 3 is 3.00 bits per heavy atom. The Balaban J connectivity index is 1.81. The number of pyridine rings is 1. The van der Waals surface area contributed by atoms with Crippen LogP contribution in [0.5, 0.6) is 0 Å². The van der Waals surface area contributed by atoms with E-state index in [1.165, 1.54) is 24.9 Å². The highest BCUT2D eigenvalue weighted by atomic mass is 35.5. The minimum atomic E-state index is 0.614. The molecule has 3 heterocycles. The van der Waals surface area contributed by atoms with Crippen molar-refractivity contribution in [1.82, 2.24) is 10.3 Å². The first kappa shape index (κ1) is 11.3. The molecule has 0 amide bonds. The van der Waals surface area contributed by atoms with Crippen LogP contribution >= 0.6 is 11.6 Å². The summed E-state index contributed by atoms with van der Waals surface area (Å²) in [5.74, 6) is 0. The van der Waals surface area contributed by atoms with Crippen molar-refractivity contribution in [3.05, 3.63) is 23.0 Å². The predicted molar refractivity (Wildman–Crippen MR) is 70.8 cm³/mol. The highest BCUT2D eigenvalue weighted by Gasteiger charge is 2.29. The number of nitrogens with one attached hydrogen (secondary N) is 1. The minimum absolute atomic E-state index is 0.614. The van der Waals surface area contributed by atoms with E-state index in [-0.39, 0.29) is 0 Å². The van der Waals surface area contributed by atoms with Crippen LogP contribution in [0.25, 0.3) is 0 Å². The SMILES string of the molecule is Cc1cc(N2CC[C@@H]3CC[C@H](C2)N3)cnc1Cl. The molecule has 1 aromatic heterocycles. The zero-order chi connectivity index (χ0) is 11.8. The Labute approximate surface area is 107 Å². The molecule has 0 saturated carbocycles. The van der Waals surface area contributed by atoms with E-state index >= 15 is 0 Å². The van der Waals surface area contributed by atoms with Gasteiger partial charge in [0.05, 0.1) is 11.9 Å². The summed E-state index contributed by atoms with van der Waals surface area (Å²) in [6.07, 6.45) is 5.78. The van der Waals surface area contributed by atoms with Gasteiger partial charge in [0.25, 0.3) is 0 Å². The molecule has 0 aromatic carbocycles. The van der Waals surface area contributed by atoms with E-state index in [1.54, 1.807) is 0 Å². The Bertz CT molecular complexity index is 421. The smallest absolute Gasteiger partial charge is 0.132 e. The van der Waals surface area contributed by atoms with Crippen LogP contribution in [0.1, 0.15) is 24.8 Å². The fourth-order valence-corrected chi connectivity index (χ4v) is 3.00. The molecule has 1 N–H and O–H groups in total. The topological polar surface area (TPSA) is 28.2 Å².